The molecular formula is C16H17F3N2. The van der Waals surface area contributed by atoms with Crippen molar-refractivity contribution in [2.45, 2.75) is 25.6 Å². The van der Waals surface area contributed by atoms with Gasteiger partial charge in [-0.3, -0.25) is 4.98 Å². The molecule has 0 saturated heterocycles. The zero-order valence-electron chi connectivity index (χ0n) is 11.7. The number of hydrogen-bond acceptors (Lipinski definition) is 2. The van der Waals surface area contributed by atoms with Gasteiger partial charge >= 0.3 is 6.18 Å². The second kappa shape index (κ2) is 6.72. The number of pyridine rings is 1. The van der Waals surface area contributed by atoms with Gasteiger partial charge < -0.3 is 5.32 Å². The summed E-state index contributed by atoms with van der Waals surface area (Å²) in [6.45, 7) is 2.59. The molecule has 5 heteroatoms. The van der Waals surface area contributed by atoms with Crippen molar-refractivity contribution in [3.8, 4) is 0 Å². The molecule has 0 saturated carbocycles. The first kappa shape index (κ1) is 15.5. The fourth-order valence-electron chi connectivity index (χ4n) is 2.22. The Kier molecular flexibility index (Phi) is 4.96. The molecule has 2 rings (SSSR count). The van der Waals surface area contributed by atoms with Crippen LogP contribution in [0, 0.1) is 0 Å². The van der Waals surface area contributed by atoms with E-state index in [4.69, 9.17) is 0 Å². The van der Waals surface area contributed by atoms with Gasteiger partial charge in [0.25, 0.3) is 0 Å². The van der Waals surface area contributed by atoms with Crippen LogP contribution >= 0.6 is 0 Å². The van der Waals surface area contributed by atoms with E-state index >= 15 is 0 Å². The van der Waals surface area contributed by atoms with Crippen LogP contribution in [0.1, 0.15) is 36.2 Å². The van der Waals surface area contributed by atoms with Gasteiger partial charge in [-0.2, -0.15) is 13.2 Å². The summed E-state index contributed by atoms with van der Waals surface area (Å²) in [5, 5.41) is 3.15. The highest BCUT2D eigenvalue weighted by Gasteiger charge is 2.35. The van der Waals surface area contributed by atoms with Gasteiger partial charge in [0.1, 0.15) is 0 Å². The fourth-order valence-corrected chi connectivity index (χ4v) is 2.22. The minimum Gasteiger partial charge on any atom is -0.305 e. The van der Waals surface area contributed by atoms with Gasteiger partial charge in [-0.15, -0.1) is 0 Å². The van der Waals surface area contributed by atoms with Crippen LogP contribution < -0.4 is 5.32 Å². The highest BCUT2D eigenvalue weighted by molar-refractivity contribution is 5.37. The largest absolute Gasteiger partial charge is 0.416 e. The Morgan fingerprint density at radius 3 is 2.43 bits per heavy atom. The number of hydrogen-bond donors (Lipinski definition) is 1. The number of nitrogens with one attached hydrogen (secondary N) is 1. The van der Waals surface area contributed by atoms with E-state index < -0.39 is 17.8 Å². The Labute approximate surface area is 122 Å². The molecule has 0 aliphatic carbocycles. The van der Waals surface area contributed by atoms with Crippen LogP contribution in [0.4, 0.5) is 13.2 Å². The molecule has 21 heavy (non-hydrogen) atoms. The summed E-state index contributed by atoms with van der Waals surface area (Å²) in [5.74, 6) is 0. The Balaban J connectivity index is 2.47. The monoisotopic (exact) mass is 294 g/mol. The second-order valence-corrected chi connectivity index (χ2v) is 4.73. The normalized spacial score (nSPS) is 13.1. The van der Waals surface area contributed by atoms with Crippen molar-refractivity contribution in [2.24, 2.45) is 0 Å². The maximum atomic E-state index is 13.2. The van der Waals surface area contributed by atoms with E-state index in [2.05, 4.69) is 10.3 Å². The van der Waals surface area contributed by atoms with E-state index in [0.29, 0.717) is 12.2 Å². The molecule has 112 valence electrons. The summed E-state index contributed by atoms with van der Waals surface area (Å²) < 4.78 is 39.6. The smallest absolute Gasteiger partial charge is 0.305 e. The number of halogens is 3. The molecule has 0 fully saturated rings. The van der Waals surface area contributed by atoms with E-state index in [1.54, 1.807) is 30.5 Å². The molecule has 1 N–H and O–H groups in total. The van der Waals surface area contributed by atoms with Crippen molar-refractivity contribution in [1.29, 1.82) is 0 Å². The third kappa shape index (κ3) is 3.82. The standard InChI is InChI=1S/C16H17F3N2/c1-2-10-21-15(14-9-5-6-11-20-14)12-7-3-4-8-13(12)16(17,18)19/h3-9,11,15,21H,2,10H2,1H3. The first-order chi connectivity index (χ1) is 10.0. The van der Waals surface area contributed by atoms with Crippen LogP contribution in [0.25, 0.3) is 0 Å². The predicted molar refractivity (Wildman–Crippen MR) is 75.8 cm³/mol. The molecule has 0 radical (unpaired) electrons. The average molecular weight is 294 g/mol. The lowest BCUT2D eigenvalue weighted by Gasteiger charge is -2.22. The molecule has 1 aromatic carbocycles. The third-order valence-electron chi connectivity index (χ3n) is 3.16. The fraction of sp³-hybridized carbons (Fsp3) is 0.312. The first-order valence-electron chi connectivity index (χ1n) is 6.84. The Morgan fingerprint density at radius 1 is 1.10 bits per heavy atom. The van der Waals surface area contributed by atoms with E-state index in [1.165, 1.54) is 12.1 Å². The summed E-state index contributed by atoms with van der Waals surface area (Å²) in [7, 11) is 0. The maximum absolute atomic E-state index is 13.2. The summed E-state index contributed by atoms with van der Waals surface area (Å²) in [6.07, 6.45) is -1.96. The molecular weight excluding hydrogens is 277 g/mol. The Bertz CT molecular complexity index is 567. The number of nitrogens with zero attached hydrogens (tertiary/aromatic N) is 1. The lowest BCUT2D eigenvalue weighted by Crippen LogP contribution is -2.26. The molecule has 0 aliphatic rings. The van der Waals surface area contributed by atoms with Crippen LogP contribution in [0.15, 0.2) is 48.7 Å². The molecule has 1 atom stereocenters. The van der Waals surface area contributed by atoms with Crippen molar-refractivity contribution >= 4 is 0 Å². The van der Waals surface area contributed by atoms with Crippen molar-refractivity contribution in [3.63, 3.8) is 0 Å². The zero-order chi connectivity index (χ0) is 15.3. The average Bonchev–Trinajstić information content (AvgIpc) is 2.48. The lowest BCUT2D eigenvalue weighted by molar-refractivity contribution is -0.138. The number of alkyl halides is 3. The quantitative estimate of drug-likeness (QED) is 0.894. The summed E-state index contributed by atoms with van der Waals surface area (Å²) in [4.78, 5) is 4.20. The van der Waals surface area contributed by atoms with Crippen molar-refractivity contribution in [2.75, 3.05) is 6.54 Å². The molecule has 0 aliphatic heterocycles. The predicted octanol–water partition coefficient (Wildman–Crippen LogP) is 4.19. The van der Waals surface area contributed by atoms with Gasteiger partial charge in [0.05, 0.1) is 17.3 Å². The maximum Gasteiger partial charge on any atom is 0.416 e. The van der Waals surface area contributed by atoms with Gasteiger partial charge in [-0.05, 0) is 36.7 Å². The second-order valence-electron chi connectivity index (χ2n) is 4.73. The number of rotatable bonds is 5. The SMILES string of the molecule is CCCNC(c1ccccn1)c1ccccc1C(F)(F)F. The van der Waals surface area contributed by atoms with Gasteiger partial charge in [-0.1, -0.05) is 31.2 Å². The van der Waals surface area contributed by atoms with E-state index in [9.17, 15) is 13.2 Å². The highest BCUT2D eigenvalue weighted by Crippen LogP contribution is 2.36. The van der Waals surface area contributed by atoms with Crippen LogP contribution in [0.3, 0.4) is 0 Å². The summed E-state index contributed by atoms with van der Waals surface area (Å²) in [5.41, 5.74) is 0.170. The third-order valence-corrected chi connectivity index (χ3v) is 3.16. The molecule has 2 aromatic rings. The number of aromatic nitrogens is 1. The lowest BCUT2D eigenvalue weighted by atomic mass is 9.97. The van der Waals surface area contributed by atoms with Crippen LogP contribution in [-0.4, -0.2) is 11.5 Å². The van der Waals surface area contributed by atoms with Gasteiger partial charge in [0.15, 0.2) is 0 Å². The van der Waals surface area contributed by atoms with Crippen molar-refractivity contribution in [1.82, 2.24) is 10.3 Å². The van der Waals surface area contributed by atoms with E-state index in [0.717, 1.165) is 12.5 Å². The van der Waals surface area contributed by atoms with E-state index in [1.807, 2.05) is 6.92 Å². The zero-order valence-corrected chi connectivity index (χ0v) is 11.7. The van der Waals surface area contributed by atoms with E-state index in [-0.39, 0.29) is 5.56 Å². The highest BCUT2D eigenvalue weighted by atomic mass is 19.4. The van der Waals surface area contributed by atoms with Gasteiger partial charge in [0, 0.05) is 6.20 Å². The Morgan fingerprint density at radius 2 is 1.81 bits per heavy atom. The van der Waals surface area contributed by atoms with Crippen molar-refractivity contribution < 1.29 is 13.2 Å². The van der Waals surface area contributed by atoms with Crippen molar-refractivity contribution in [3.05, 3.63) is 65.5 Å². The van der Waals surface area contributed by atoms with Gasteiger partial charge in [0.2, 0.25) is 0 Å². The van der Waals surface area contributed by atoms with Crippen LogP contribution in [0.5, 0.6) is 0 Å². The topological polar surface area (TPSA) is 24.9 Å². The molecule has 1 heterocycles. The molecule has 0 amide bonds. The minimum absolute atomic E-state index is 0.206. The van der Waals surface area contributed by atoms with Gasteiger partial charge in [-0.25, -0.2) is 0 Å². The molecule has 0 spiro atoms. The van der Waals surface area contributed by atoms with Crippen LogP contribution in [-0.2, 0) is 6.18 Å². The summed E-state index contributed by atoms with van der Waals surface area (Å²) >= 11 is 0. The minimum atomic E-state index is -4.38. The molecule has 2 nitrogen and oxygen atoms in total. The van der Waals surface area contributed by atoms with Crippen LogP contribution in [0.2, 0.25) is 0 Å². The number of benzene rings is 1. The first-order valence-corrected chi connectivity index (χ1v) is 6.84. The molecule has 0 bridgehead atoms. The Hall–Kier alpha value is -1.88. The molecule has 1 aromatic heterocycles. The summed E-state index contributed by atoms with van der Waals surface area (Å²) in [6, 6.07) is 10.3. The molecule has 1 unspecified atom stereocenters.